The lowest BCUT2D eigenvalue weighted by Crippen LogP contribution is -2.37. The second-order valence-corrected chi connectivity index (χ2v) is 7.21. The van der Waals surface area contributed by atoms with Gasteiger partial charge in [0.15, 0.2) is 0 Å². The molecular formula is C18H23NOS. The molecule has 0 bridgehead atoms. The lowest BCUT2D eigenvalue weighted by atomic mass is 9.75. The van der Waals surface area contributed by atoms with Crippen molar-refractivity contribution < 1.29 is 5.11 Å². The summed E-state index contributed by atoms with van der Waals surface area (Å²) in [6.07, 6.45) is 6.15. The molecule has 1 saturated carbocycles. The van der Waals surface area contributed by atoms with Crippen molar-refractivity contribution in [1.29, 1.82) is 0 Å². The highest BCUT2D eigenvalue weighted by Crippen LogP contribution is 2.37. The predicted molar refractivity (Wildman–Crippen MR) is 88.5 cm³/mol. The molecule has 1 N–H and O–H groups in total. The van der Waals surface area contributed by atoms with E-state index in [1.54, 1.807) is 11.3 Å². The maximum absolute atomic E-state index is 10.9. The van der Waals surface area contributed by atoms with E-state index in [-0.39, 0.29) is 0 Å². The van der Waals surface area contributed by atoms with Crippen LogP contribution in [-0.4, -0.2) is 15.7 Å². The molecule has 2 atom stereocenters. The second-order valence-electron chi connectivity index (χ2n) is 6.26. The lowest BCUT2D eigenvalue weighted by molar-refractivity contribution is -0.0162. The first-order valence-corrected chi connectivity index (χ1v) is 8.79. The molecule has 2 nitrogen and oxygen atoms in total. The van der Waals surface area contributed by atoms with Crippen molar-refractivity contribution in [3.8, 4) is 11.3 Å². The maximum Gasteiger partial charge on any atom is 0.0961 e. The Morgan fingerprint density at radius 2 is 2.14 bits per heavy atom. The van der Waals surface area contributed by atoms with Gasteiger partial charge in [-0.2, -0.15) is 0 Å². The van der Waals surface area contributed by atoms with Gasteiger partial charge in [0.25, 0.3) is 0 Å². The molecule has 3 heteroatoms. The van der Waals surface area contributed by atoms with E-state index in [2.05, 4.69) is 24.4 Å². The molecule has 0 aliphatic heterocycles. The molecule has 0 saturated heterocycles. The van der Waals surface area contributed by atoms with Crippen LogP contribution in [0.25, 0.3) is 11.3 Å². The summed E-state index contributed by atoms with van der Waals surface area (Å²) in [5, 5.41) is 14.0. The number of rotatable bonds is 4. The van der Waals surface area contributed by atoms with E-state index >= 15 is 0 Å². The molecule has 1 aliphatic rings. The van der Waals surface area contributed by atoms with Crippen LogP contribution in [0.15, 0.2) is 35.7 Å². The van der Waals surface area contributed by atoms with E-state index in [4.69, 9.17) is 4.98 Å². The standard InChI is InChI=1S/C18H23NOS/c1-2-14-7-6-10-18(20,11-14)12-17-19-16(13-21-17)15-8-4-3-5-9-15/h3-5,8-9,13-14,20H,2,6-7,10-12H2,1H3. The number of aromatic nitrogens is 1. The highest BCUT2D eigenvalue weighted by atomic mass is 32.1. The van der Waals surface area contributed by atoms with E-state index in [0.717, 1.165) is 35.5 Å². The third-order valence-electron chi connectivity index (χ3n) is 4.60. The number of hydrogen-bond donors (Lipinski definition) is 1. The molecular weight excluding hydrogens is 278 g/mol. The molecule has 1 aromatic heterocycles. The summed E-state index contributed by atoms with van der Waals surface area (Å²) in [5.41, 5.74) is 1.65. The van der Waals surface area contributed by atoms with Crippen LogP contribution in [0, 0.1) is 5.92 Å². The molecule has 2 aromatic rings. The molecule has 3 rings (SSSR count). The van der Waals surface area contributed by atoms with Gasteiger partial charge in [0.1, 0.15) is 0 Å². The van der Waals surface area contributed by atoms with Crippen LogP contribution < -0.4 is 0 Å². The zero-order valence-corrected chi connectivity index (χ0v) is 13.4. The highest BCUT2D eigenvalue weighted by Gasteiger charge is 2.34. The summed E-state index contributed by atoms with van der Waals surface area (Å²) >= 11 is 1.67. The van der Waals surface area contributed by atoms with E-state index < -0.39 is 5.60 Å². The molecule has 2 unspecified atom stereocenters. The number of benzene rings is 1. The Morgan fingerprint density at radius 3 is 2.90 bits per heavy atom. The van der Waals surface area contributed by atoms with Crippen LogP contribution in [0.5, 0.6) is 0 Å². The van der Waals surface area contributed by atoms with E-state index in [1.807, 2.05) is 18.2 Å². The minimum absolute atomic E-state index is 0.537. The summed E-state index contributed by atoms with van der Waals surface area (Å²) in [6.45, 7) is 2.23. The smallest absolute Gasteiger partial charge is 0.0961 e. The number of nitrogens with zero attached hydrogens (tertiary/aromatic N) is 1. The molecule has 112 valence electrons. The number of hydrogen-bond acceptors (Lipinski definition) is 3. The van der Waals surface area contributed by atoms with Crippen LogP contribution in [0.2, 0.25) is 0 Å². The molecule has 0 amide bonds. The van der Waals surface area contributed by atoms with Crippen molar-refractivity contribution in [2.75, 3.05) is 0 Å². The first-order valence-electron chi connectivity index (χ1n) is 7.91. The molecule has 0 radical (unpaired) electrons. The zero-order chi connectivity index (χ0) is 14.7. The highest BCUT2D eigenvalue weighted by molar-refractivity contribution is 7.09. The quantitative estimate of drug-likeness (QED) is 0.889. The largest absolute Gasteiger partial charge is 0.389 e. The topological polar surface area (TPSA) is 33.1 Å². The Bertz CT molecular complexity index is 580. The van der Waals surface area contributed by atoms with Crippen molar-refractivity contribution >= 4 is 11.3 Å². The summed E-state index contributed by atoms with van der Waals surface area (Å²) in [7, 11) is 0. The molecule has 1 heterocycles. The average molecular weight is 301 g/mol. The van der Waals surface area contributed by atoms with Gasteiger partial charge >= 0.3 is 0 Å². The Balaban J connectivity index is 1.72. The van der Waals surface area contributed by atoms with Crippen LogP contribution in [0.4, 0.5) is 0 Å². The van der Waals surface area contributed by atoms with Crippen LogP contribution >= 0.6 is 11.3 Å². The predicted octanol–water partition coefficient (Wildman–Crippen LogP) is 4.68. The van der Waals surface area contributed by atoms with Gasteiger partial charge in [-0.3, -0.25) is 0 Å². The summed E-state index contributed by atoms with van der Waals surface area (Å²) in [6, 6.07) is 10.3. The minimum atomic E-state index is -0.537. The summed E-state index contributed by atoms with van der Waals surface area (Å²) in [5.74, 6) is 0.678. The third kappa shape index (κ3) is 3.53. The monoisotopic (exact) mass is 301 g/mol. The first kappa shape index (κ1) is 14.7. The van der Waals surface area contributed by atoms with E-state index in [0.29, 0.717) is 12.3 Å². The fraction of sp³-hybridized carbons (Fsp3) is 0.500. The average Bonchev–Trinajstić information content (AvgIpc) is 2.96. The van der Waals surface area contributed by atoms with Crippen molar-refractivity contribution in [3.63, 3.8) is 0 Å². The third-order valence-corrected chi connectivity index (χ3v) is 5.45. The van der Waals surface area contributed by atoms with Crippen molar-refractivity contribution in [3.05, 3.63) is 40.7 Å². The van der Waals surface area contributed by atoms with Crippen molar-refractivity contribution in [2.45, 2.75) is 51.0 Å². The van der Waals surface area contributed by atoms with Gasteiger partial charge in [-0.1, -0.05) is 56.5 Å². The Labute approximate surface area is 130 Å². The second kappa shape index (κ2) is 6.29. The minimum Gasteiger partial charge on any atom is -0.389 e. The first-order chi connectivity index (χ1) is 10.2. The van der Waals surface area contributed by atoms with Gasteiger partial charge in [0, 0.05) is 17.4 Å². The molecule has 1 aromatic carbocycles. The fourth-order valence-electron chi connectivity index (χ4n) is 3.39. The normalized spacial score (nSPS) is 25.9. The van der Waals surface area contributed by atoms with Crippen LogP contribution in [0.3, 0.4) is 0 Å². The van der Waals surface area contributed by atoms with Crippen LogP contribution in [-0.2, 0) is 6.42 Å². The zero-order valence-electron chi connectivity index (χ0n) is 12.6. The van der Waals surface area contributed by atoms with E-state index in [9.17, 15) is 5.11 Å². The SMILES string of the molecule is CCC1CCCC(O)(Cc2nc(-c3ccccc3)cs2)C1. The summed E-state index contributed by atoms with van der Waals surface area (Å²) < 4.78 is 0. The molecule has 21 heavy (non-hydrogen) atoms. The number of aliphatic hydroxyl groups is 1. The maximum atomic E-state index is 10.9. The van der Waals surface area contributed by atoms with Crippen LogP contribution in [0.1, 0.15) is 44.0 Å². The Hall–Kier alpha value is -1.19. The fourth-order valence-corrected chi connectivity index (χ4v) is 4.32. The van der Waals surface area contributed by atoms with Crippen molar-refractivity contribution in [2.24, 2.45) is 5.92 Å². The molecule has 0 spiro atoms. The lowest BCUT2D eigenvalue weighted by Gasteiger charge is -2.36. The molecule has 1 aliphatic carbocycles. The number of thiazole rings is 1. The van der Waals surface area contributed by atoms with Gasteiger partial charge < -0.3 is 5.11 Å². The Kier molecular flexibility index (Phi) is 4.41. The Morgan fingerprint density at radius 1 is 1.33 bits per heavy atom. The van der Waals surface area contributed by atoms with Gasteiger partial charge in [0.05, 0.1) is 16.3 Å². The molecule has 1 fully saturated rings. The van der Waals surface area contributed by atoms with E-state index in [1.165, 1.54) is 12.8 Å². The summed E-state index contributed by atoms with van der Waals surface area (Å²) in [4.78, 5) is 4.73. The van der Waals surface area contributed by atoms with Gasteiger partial charge in [-0.15, -0.1) is 11.3 Å². The van der Waals surface area contributed by atoms with Crippen molar-refractivity contribution in [1.82, 2.24) is 4.98 Å². The van der Waals surface area contributed by atoms with Gasteiger partial charge in [-0.05, 0) is 18.8 Å². The van der Waals surface area contributed by atoms with Gasteiger partial charge in [0.2, 0.25) is 0 Å². The van der Waals surface area contributed by atoms with Gasteiger partial charge in [-0.25, -0.2) is 4.98 Å².